The highest BCUT2D eigenvalue weighted by atomic mass is 127. The van der Waals surface area contributed by atoms with Gasteiger partial charge in [0.2, 0.25) is 0 Å². The molecule has 88 valence electrons. The molecule has 0 aliphatic heterocycles. The maximum atomic E-state index is 6.13. The summed E-state index contributed by atoms with van der Waals surface area (Å²) in [4.78, 5) is 4.27. The number of aromatic nitrogens is 1. The molecule has 0 spiro atoms. The highest BCUT2D eigenvalue weighted by molar-refractivity contribution is 14.1. The van der Waals surface area contributed by atoms with Crippen LogP contribution in [-0.4, -0.2) is 11.5 Å². The molecule has 4 heteroatoms. The Balaban J connectivity index is 1.90. The van der Waals surface area contributed by atoms with E-state index in [-0.39, 0.29) is 0 Å². The van der Waals surface area contributed by atoms with Crippen molar-refractivity contribution in [2.24, 2.45) is 0 Å². The lowest BCUT2D eigenvalue weighted by molar-refractivity contribution is 0.961. The lowest BCUT2D eigenvalue weighted by Gasteiger charge is -2.08. The predicted molar refractivity (Wildman–Crippen MR) is 80.6 cm³/mol. The van der Waals surface area contributed by atoms with Gasteiger partial charge in [0.25, 0.3) is 0 Å². The van der Waals surface area contributed by atoms with Gasteiger partial charge in [0, 0.05) is 28.4 Å². The van der Waals surface area contributed by atoms with Crippen molar-refractivity contribution >= 4 is 39.9 Å². The second-order valence-corrected chi connectivity index (χ2v) is 5.27. The molecule has 0 fully saturated rings. The molecule has 0 bridgehead atoms. The Morgan fingerprint density at radius 1 is 1.24 bits per heavy atom. The lowest BCUT2D eigenvalue weighted by atomic mass is 10.2. The van der Waals surface area contributed by atoms with E-state index in [4.69, 9.17) is 11.6 Å². The van der Waals surface area contributed by atoms with Crippen LogP contribution in [0.5, 0.6) is 0 Å². The van der Waals surface area contributed by atoms with Crippen molar-refractivity contribution in [2.45, 2.75) is 6.42 Å². The average molecular weight is 359 g/mol. The van der Waals surface area contributed by atoms with Gasteiger partial charge < -0.3 is 5.32 Å². The number of nitrogens with zero attached hydrogens (tertiary/aromatic N) is 1. The number of hydrogen-bond acceptors (Lipinski definition) is 2. The van der Waals surface area contributed by atoms with E-state index in [2.05, 4.69) is 32.9 Å². The fraction of sp³-hybridized carbons (Fsp3) is 0.154. The zero-order valence-corrected chi connectivity index (χ0v) is 12.1. The van der Waals surface area contributed by atoms with E-state index < -0.39 is 0 Å². The maximum absolute atomic E-state index is 6.13. The number of rotatable bonds is 4. The summed E-state index contributed by atoms with van der Waals surface area (Å²) in [6, 6.07) is 11.9. The second-order valence-electron chi connectivity index (χ2n) is 3.62. The van der Waals surface area contributed by atoms with Crippen LogP contribution in [0.4, 0.5) is 5.69 Å². The molecule has 0 aliphatic rings. The van der Waals surface area contributed by atoms with Gasteiger partial charge in [-0.2, -0.15) is 0 Å². The summed E-state index contributed by atoms with van der Waals surface area (Å²) in [5, 5.41) is 4.08. The molecule has 0 saturated carbocycles. The van der Waals surface area contributed by atoms with E-state index >= 15 is 0 Å². The Bertz CT molecular complexity index is 488. The molecule has 0 aliphatic carbocycles. The van der Waals surface area contributed by atoms with Crippen molar-refractivity contribution in [1.29, 1.82) is 0 Å². The van der Waals surface area contributed by atoms with Crippen molar-refractivity contribution in [3.05, 3.63) is 56.9 Å². The van der Waals surface area contributed by atoms with Crippen LogP contribution in [0.15, 0.2) is 42.6 Å². The Kier molecular flexibility index (Phi) is 4.62. The van der Waals surface area contributed by atoms with Crippen molar-refractivity contribution in [3.63, 3.8) is 0 Å². The quantitative estimate of drug-likeness (QED) is 0.836. The van der Waals surface area contributed by atoms with E-state index in [0.29, 0.717) is 0 Å². The Labute approximate surface area is 120 Å². The molecule has 1 aromatic carbocycles. The van der Waals surface area contributed by atoms with E-state index in [1.807, 2.05) is 42.6 Å². The number of anilines is 1. The smallest absolute Gasteiger partial charge is 0.0648 e. The van der Waals surface area contributed by atoms with E-state index in [1.165, 1.54) is 0 Å². The molecular weight excluding hydrogens is 347 g/mol. The minimum absolute atomic E-state index is 0.762. The molecule has 2 rings (SSSR count). The molecule has 0 atom stereocenters. The Morgan fingerprint density at radius 2 is 2.12 bits per heavy atom. The molecule has 1 aromatic heterocycles. The van der Waals surface area contributed by atoms with Gasteiger partial charge in [0.15, 0.2) is 0 Å². The third-order valence-corrected chi connectivity index (χ3v) is 3.34. The van der Waals surface area contributed by atoms with Crippen molar-refractivity contribution in [1.82, 2.24) is 4.98 Å². The first-order valence-electron chi connectivity index (χ1n) is 5.34. The first kappa shape index (κ1) is 12.6. The molecule has 0 unspecified atom stereocenters. The molecule has 0 radical (unpaired) electrons. The van der Waals surface area contributed by atoms with Crippen LogP contribution in [0.3, 0.4) is 0 Å². The molecule has 17 heavy (non-hydrogen) atoms. The van der Waals surface area contributed by atoms with Gasteiger partial charge in [-0.1, -0.05) is 17.7 Å². The van der Waals surface area contributed by atoms with Gasteiger partial charge in [0.1, 0.15) is 0 Å². The van der Waals surface area contributed by atoms with Gasteiger partial charge in [-0.05, 0) is 52.9 Å². The largest absolute Gasteiger partial charge is 0.383 e. The van der Waals surface area contributed by atoms with Crippen molar-refractivity contribution in [3.8, 4) is 0 Å². The summed E-state index contributed by atoms with van der Waals surface area (Å²) < 4.78 is 1.14. The summed E-state index contributed by atoms with van der Waals surface area (Å²) in [7, 11) is 0. The third-order valence-electron chi connectivity index (χ3n) is 2.35. The first-order chi connectivity index (χ1) is 8.25. The van der Waals surface area contributed by atoms with Gasteiger partial charge in [0.05, 0.1) is 10.7 Å². The van der Waals surface area contributed by atoms with Crippen LogP contribution in [-0.2, 0) is 6.42 Å². The summed E-state index contributed by atoms with van der Waals surface area (Å²) in [6.07, 6.45) is 2.70. The van der Waals surface area contributed by atoms with Crippen LogP contribution in [0, 0.1) is 3.57 Å². The normalized spacial score (nSPS) is 10.2. The third kappa shape index (κ3) is 3.85. The molecule has 0 amide bonds. The lowest BCUT2D eigenvalue weighted by Crippen LogP contribution is -2.06. The van der Waals surface area contributed by atoms with Gasteiger partial charge in [-0.25, -0.2) is 0 Å². The number of pyridine rings is 1. The van der Waals surface area contributed by atoms with Crippen LogP contribution >= 0.6 is 34.2 Å². The van der Waals surface area contributed by atoms with Crippen LogP contribution in [0.2, 0.25) is 5.02 Å². The van der Waals surface area contributed by atoms with Gasteiger partial charge in [-0.3, -0.25) is 4.98 Å². The topological polar surface area (TPSA) is 24.9 Å². The Hall–Kier alpha value is -0.810. The van der Waals surface area contributed by atoms with Gasteiger partial charge >= 0.3 is 0 Å². The highest BCUT2D eigenvalue weighted by Gasteiger charge is 2.00. The summed E-state index contributed by atoms with van der Waals surface area (Å²) in [6.45, 7) is 0.831. The highest BCUT2D eigenvalue weighted by Crippen LogP contribution is 2.23. The monoisotopic (exact) mass is 358 g/mol. The standard InChI is InChI=1S/C13H12ClIN2/c14-12-9-10(15)4-5-13(12)17-8-6-11-3-1-2-7-16-11/h1-5,7,9,17H,6,8H2. The molecule has 2 nitrogen and oxygen atoms in total. The van der Waals surface area contributed by atoms with Crippen LogP contribution < -0.4 is 5.32 Å². The number of hydrogen-bond donors (Lipinski definition) is 1. The zero-order chi connectivity index (χ0) is 12.1. The number of benzene rings is 1. The molecule has 1 heterocycles. The minimum Gasteiger partial charge on any atom is -0.383 e. The van der Waals surface area contributed by atoms with E-state index in [0.717, 1.165) is 32.9 Å². The Morgan fingerprint density at radius 3 is 2.82 bits per heavy atom. The molecular formula is C13H12ClIN2. The fourth-order valence-corrected chi connectivity index (χ4v) is 2.43. The number of nitrogens with one attached hydrogen (secondary N) is 1. The summed E-state index contributed by atoms with van der Waals surface area (Å²) in [5.74, 6) is 0. The summed E-state index contributed by atoms with van der Waals surface area (Å²) >= 11 is 8.38. The van der Waals surface area contributed by atoms with Crippen molar-refractivity contribution in [2.75, 3.05) is 11.9 Å². The summed E-state index contributed by atoms with van der Waals surface area (Å²) in [5.41, 5.74) is 2.06. The minimum atomic E-state index is 0.762. The SMILES string of the molecule is Clc1cc(I)ccc1NCCc1ccccn1. The maximum Gasteiger partial charge on any atom is 0.0648 e. The van der Waals surface area contributed by atoms with Crippen LogP contribution in [0.25, 0.3) is 0 Å². The average Bonchev–Trinajstić information content (AvgIpc) is 2.33. The second kappa shape index (κ2) is 6.21. The first-order valence-corrected chi connectivity index (χ1v) is 6.80. The fourth-order valence-electron chi connectivity index (χ4n) is 1.50. The van der Waals surface area contributed by atoms with E-state index in [9.17, 15) is 0 Å². The number of halogens is 2. The predicted octanol–water partition coefficient (Wildman–Crippen LogP) is 3.99. The van der Waals surface area contributed by atoms with Crippen molar-refractivity contribution < 1.29 is 0 Å². The van der Waals surface area contributed by atoms with Crippen LogP contribution in [0.1, 0.15) is 5.69 Å². The molecule has 1 N–H and O–H groups in total. The zero-order valence-electron chi connectivity index (χ0n) is 9.16. The van der Waals surface area contributed by atoms with E-state index in [1.54, 1.807) is 0 Å². The van der Waals surface area contributed by atoms with Gasteiger partial charge in [-0.15, -0.1) is 0 Å². The molecule has 2 aromatic rings. The molecule has 0 saturated heterocycles.